The average Bonchev–Trinajstić information content (AvgIpc) is 2.23. The molecular weight excluding hydrogens is 393 g/mol. The van der Waals surface area contributed by atoms with Crippen molar-refractivity contribution >= 4 is 84.6 Å². The first-order valence-corrected chi connectivity index (χ1v) is 19.8. The molecule has 0 bridgehead atoms. The zero-order chi connectivity index (χ0) is 14.1. The Morgan fingerprint density at radius 3 is 1.35 bits per heavy atom. The topological polar surface area (TPSA) is 0 Å². The molecule has 0 nitrogen and oxygen atoms in total. The second kappa shape index (κ2) is 6.90. The summed E-state index contributed by atoms with van der Waals surface area (Å²) in [6.07, 6.45) is -3.84. The number of halogens is 6. The van der Waals surface area contributed by atoms with Crippen molar-refractivity contribution in [3.8, 4) is 0 Å². The molecular formula is C8H18Cl6Si3. The van der Waals surface area contributed by atoms with Gasteiger partial charge in [0.25, 0.3) is 6.21 Å². The molecule has 17 heavy (non-hydrogen) atoms. The molecule has 0 aliphatic rings. The highest BCUT2D eigenvalue weighted by molar-refractivity contribution is 8.13. The summed E-state index contributed by atoms with van der Waals surface area (Å²) in [7, 11) is 0. The molecule has 3 unspecified atom stereocenters. The summed E-state index contributed by atoms with van der Waals surface area (Å²) in [5.74, 6) is 0. The smallest absolute Gasteiger partial charge is 0.166 e. The van der Waals surface area contributed by atoms with Crippen molar-refractivity contribution in [2.24, 2.45) is 0 Å². The first-order chi connectivity index (χ1) is 7.46. The third-order valence-corrected chi connectivity index (χ3v) is 58.9. The van der Waals surface area contributed by atoms with Gasteiger partial charge in [0.1, 0.15) is 0 Å². The molecule has 0 aromatic rings. The van der Waals surface area contributed by atoms with Gasteiger partial charge in [-0.3, -0.25) is 0 Å². The van der Waals surface area contributed by atoms with E-state index in [4.69, 9.17) is 66.5 Å². The van der Waals surface area contributed by atoms with Gasteiger partial charge < -0.3 is 0 Å². The van der Waals surface area contributed by atoms with Gasteiger partial charge in [0.05, 0.1) is 0 Å². The minimum absolute atomic E-state index is 0.124. The quantitative estimate of drug-likeness (QED) is 0.346. The van der Waals surface area contributed by atoms with Gasteiger partial charge in [-0.1, -0.05) is 40.5 Å². The molecule has 3 atom stereocenters. The van der Waals surface area contributed by atoms with Crippen molar-refractivity contribution in [3.05, 3.63) is 0 Å². The molecule has 0 saturated carbocycles. The third-order valence-electron chi connectivity index (χ3n) is 3.42. The van der Waals surface area contributed by atoms with Gasteiger partial charge in [-0.2, -0.15) is 11.1 Å². The van der Waals surface area contributed by atoms with E-state index in [0.717, 1.165) is 12.8 Å². The first kappa shape index (κ1) is 19.4. The van der Waals surface area contributed by atoms with E-state index in [1.165, 1.54) is 0 Å². The fraction of sp³-hybridized carbons (Fsp3) is 1.00. The van der Waals surface area contributed by atoms with E-state index in [9.17, 15) is 0 Å². The Morgan fingerprint density at radius 2 is 1.12 bits per heavy atom. The van der Waals surface area contributed by atoms with Crippen LogP contribution >= 0.6 is 66.5 Å². The van der Waals surface area contributed by atoms with Crippen molar-refractivity contribution in [2.45, 2.75) is 51.6 Å². The van der Waals surface area contributed by atoms with Gasteiger partial charge in [0.2, 0.25) is 6.42 Å². The van der Waals surface area contributed by atoms with Crippen molar-refractivity contribution in [1.82, 2.24) is 0 Å². The molecule has 0 saturated heterocycles. The summed E-state index contributed by atoms with van der Waals surface area (Å²) in [4.78, 5) is 0. The minimum Gasteiger partial charge on any atom is -0.166 e. The van der Waals surface area contributed by atoms with Crippen molar-refractivity contribution in [3.63, 3.8) is 0 Å². The van der Waals surface area contributed by atoms with E-state index in [2.05, 4.69) is 0 Å². The zero-order valence-electron chi connectivity index (χ0n) is 10.3. The van der Waals surface area contributed by atoms with Crippen LogP contribution in [-0.4, -0.2) is 18.2 Å². The number of hydrogen-bond donors (Lipinski definition) is 0. The molecule has 0 aromatic carbocycles. The molecule has 0 rings (SSSR count). The second-order valence-corrected chi connectivity index (χ2v) is 40.4. The highest BCUT2D eigenvalue weighted by atomic mass is 35.9. The van der Waals surface area contributed by atoms with Crippen LogP contribution in [0, 0.1) is 0 Å². The Hall–Kier alpha value is 2.39. The van der Waals surface area contributed by atoms with E-state index >= 15 is 0 Å². The van der Waals surface area contributed by atoms with Crippen LogP contribution in [-0.2, 0) is 0 Å². The molecule has 104 valence electrons. The summed E-state index contributed by atoms with van der Waals surface area (Å²) in [6.45, 7) is 8.11. The molecule has 0 aromatic heterocycles. The van der Waals surface area contributed by atoms with E-state index in [1.807, 2.05) is 27.7 Å². The molecule has 0 spiro atoms. The van der Waals surface area contributed by atoms with Crippen LogP contribution in [0.2, 0.25) is 11.1 Å². The van der Waals surface area contributed by atoms with Crippen LogP contribution in [0.1, 0.15) is 40.5 Å². The Morgan fingerprint density at radius 1 is 0.765 bits per heavy atom. The lowest BCUT2D eigenvalue weighted by Crippen LogP contribution is -2.67. The Labute approximate surface area is 135 Å². The third kappa shape index (κ3) is 3.73. The number of rotatable bonds is 6. The largest absolute Gasteiger partial charge is 0.342 e. The normalized spacial score (nSPS) is 20.8. The van der Waals surface area contributed by atoms with Gasteiger partial charge in [0, 0.05) is 0 Å². The second-order valence-electron chi connectivity index (χ2n) is 4.45. The summed E-state index contributed by atoms with van der Waals surface area (Å²) >= 11 is 39.0. The van der Waals surface area contributed by atoms with E-state index < -0.39 is 18.2 Å². The first-order valence-electron chi connectivity index (χ1n) is 5.60. The predicted octanol–water partition coefficient (Wildman–Crippen LogP) is 6.50. The summed E-state index contributed by atoms with van der Waals surface area (Å²) in [5.41, 5.74) is -2.82. The molecule has 9 heteroatoms. The van der Waals surface area contributed by atoms with Gasteiger partial charge in [-0.05, 0) is 11.1 Å². The standard InChI is InChI=1S/C8H18Cl6Si3/c1-5-7(3)15(9,10)16(11,8(4)6-2)17(12,13)14/h7-8H,5-6H2,1-4H3. The minimum atomic E-state index is -3.09. The van der Waals surface area contributed by atoms with Crippen molar-refractivity contribution < 1.29 is 0 Å². The van der Waals surface area contributed by atoms with Gasteiger partial charge >= 0.3 is 5.52 Å². The summed E-state index contributed by atoms with van der Waals surface area (Å²) in [6, 6.07) is 0. The maximum absolute atomic E-state index is 6.83. The fourth-order valence-corrected chi connectivity index (χ4v) is 58.5. The maximum atomic E-state index is 6.83. The highest BCUT2D eigenvalue weighted by Crippen LogP contribution is 2.55. The Bertz CT molecular complexity index is 256. The fourth-order valence-electron chi connectivity index (χ4n) is 1.69. The molecule has 0 amide bonds. The van der Waals surface area contributed by atoms with Gasteiger partial charge in [-0.25, -0.2) is 0 Å². The molecule has 0 radical (unpaired) electrons. The Balaban J connectivity index is 5.64. The van der Waals surface area contributed by atoms with Gasteiger partial charge in [-0.15, -0.1) is 55.4 Å². The lowest BCUT2D eigenvalue weighted by atomic mass is 10.4. The van der Waals surface area contributed by atoms with Gasteiger partial charge in [0.15, 0.2) is 0 Å². The molecule has 0 aliphatic heterocycles. The van der Waals surface area contributed by atoms with Crippen LogP contribution in [0.15, 0.2) is 0 Å². The summed E-state index contributed by atoms with van der Waals surface area (Å²) in [5, 5.41) is 0. The number of hydrogen-bond acceptors (Lipinski definition) is 0. The zero-order valence-corrected chi connectivity index (χ0v) is 17.9. The van der Waals surface area contributed by atoms with Crippen LogP contribution in [0.3, 0.4) is 0 Å². The van der Waals surface area contributed by atoms with E-state index in [0.29, 0.717) is 0 Å². The monoisotopic (exact) mass is 408 g/mol. The lowest BCUT2D eigenvalue weighted by molar-refractivity contribution is 0.850. The molecule has 0 fully saturated rings. The predicted molar refractivity (Wildman–Crippen MR) is 91.8 cm³/mol. The summed E-state index contributed by atoms with van der Waals surface area (Å²) < 4.78 is 0. The van der Waals surface area contributed by atoms with Crippen molar-refractivity contribution in [1.29, 1.82) is 0 Å². The highest BCUT2D eigenvalue weighted by Gasteiger charge is 2.70. The Kier molecular flexibility index (Phi) is 7.87. The molecule has 0 N–H and O–H groups in total. The lowest BCUT2D eigenvalue weighted by Gasteiger charge is -2.44. The molecule has 0 heterocycles. The van der Waals surface area contributed by atoms with Crippen LogP contribution < -0.4 is 0 Å². The van der Waals surface area contributed by atoms with Crippen LogP contribution in [0.4, 0.5) is 0 Å². The maximum Gasteiger partial charge on any atom is 0.342 e. The SMILES string of the molecule is CCC(C)[Si](Cl)(Cl)[Si](Cl)(C(C)CC)[Si](Cl)(Cl)Cl. The van der Waals surface area contributed by atoms with E-state index in [-0.39, 0.29) is 11.1 Å². The van der Waals surface area contributed by atoms with Crippen LogP contribution in [0.5, 0.6) is 0 Å². The van der Waals surface area contributed by atoms with Crippen molar-refractivity contribution in [2.75, 3.05) is 0 Å². The van der Waals surface area contributed by atoms with Crippen LogP contribution in [0.25, 0.3) is 0 Å². The average molecular weight is 411 g/mol. The van der Waals surface area contributed by atoms with E-state index in [1.54, 1.807) is 0 Å². The molecule has 0 aliphatic carbocycles.